The summed E-state index contributed by atoms with van der Waals surface area (Å²) in [6.45, 7) is 3.08. The summed E-state index contributed by atoms with van der Waals surface area (Å²) in [6, 6.07) is 0. The number of hydrogen-bond donors (Lipinski definition) is 1. The molecule has 2 unspecified atom stereocenters. The molecule has 1 saturated heterocycles. The van der Waals surface area contributed by atoms with E-state index in [0.29, 0.717) is 5.92 Å². The second kappa shape index (κ2) is 4.34. The molecule has 0 aromatic carbocycles. The van der Waals surface area contributed by atoms with Gasteiger partial charge in [-0.05, 0) is 38.5 Å². The normalized spacial score (nSPS) is 33.2. The molecule has 1 saturated carbocycles. The van der Waals surface area contributed by atoms with E-state index in [1.54, 1.807) is 11.3 Å². The zero-order chi connectivity index (χ0) is 11.9. The van der Waals surface area contributed by atoms with Gasteiger partial charge in [0, 0.05) is 23.1 Å². The number of nitrogens with zero attached hydrogens (tertiary/aromatic N) is 1. The molecular weight excluding hydrogens is 234 g/mol. The van der Waals surface area contributed by atoms with Gasteiger partial charge in [0.1, 0.15) is 0 Å². The van der Waals surface area contributed by atoms with Crippen molar-refractivity contribution in [2.24, 2.45) is 11.3 Å². The van der Waals surface area contributed by atoms with Gasteiger partial charge in [-0.2, -0.15) is 0 Å². The minimum absolute atomic E-state index is 0.0415. The quantitative estimate of drug-likeness (QED) is 0.894. The molecule has 0 amide bonds. The first kappa shape index (κ1) is 11.6. The van der Waals surface area contributed by atoms with Crippen LogP contribution in [0, 0.1) is 18.3 Å². The highest BCUT2D eigenvalue weighted by molar-refractivity contribution is 7.11. The maximum atomic E-state index is 9.84. The topological polar surface area (TPSA) is 42.4 Å². The van der Waals surface area contributed by atoms with Crippen LogP contribution in [-0.2, 0) is 11.2 Å². The highest BCUT2D eigenvalue weighted by atomic mass is 32.1. The van der Waals surface area contributed by atoms with Crippen molar-refractivity contribution < 1.29 is 9.84 Å². The van der Waals surface area contributed by atoms with Gasteiger partial charge in [0.2, 0.25) is 0 Å². The first-order valence-corrected chi connectivity index (χ1v) is 7.19. The first-order chi connectivity index (χ1) is 8.23. The van der Waals surface area contributed by atoms with Gasteiger partial charge in [-0.25, -0.2) is 4.98 Å². The molecule has 1 N–H and O–H groups in total. The molecule has 0 radical (unpaired) electrons. The Morgan fingerprint density at radius 1 is 1.59 bits per heavy atom. The fraction of sp³-hybridized carbons (Fsp3) is 0.769. The SMILES string of the molecule is Cc1ncc(CC2(CO)CCOC2C2CC2)s1. The van der Waals surface area contributed by atoms with Gasteiger partial charge in [-0.3, -0.25) is 0 Å². The number of thiazole rings is 1. The van der Waals surface area contributed by atoms with Gasteiger partial charge >= 0.3 is 0 Å². The highest BCUT2D eigenvalue weighted by Gasteiger charge is 2.50. The van der Waals surface area contributed by atoms with Gasteiger partial charge in [-0.15, -0.1) is 11.3 Å². The summed E-state index contributed by atoms with van der Waals surface area (Å²) < 4.78 is 5.89. The van der Waals surface area contributed by atoms with Crippen LogP contribution in [0.3, 0.4) is 0 Å². The number of aromatic nitrogens is 1. The van der Waals surface area contributed by atoms with E-state index in [2.05, 4.69) is 4.98 Å². The predicted octanol–water partition coefficient (Wildman–Crippen LogP) is 2.17. The molecule has 94 valence electrons. The summed E-state index contributed by atoms with van der Waals surface area (Å²) in [5.41, 5.74) is -0.0415. The summed E-state index contributed by atoms with van der Waals surface area (Å²) in [7, 11) is 0. The molecule has 17 heavy (non-hydrogen) atoms. The van der Waals surface area contributed by atoms with Crippen LogP contribution in [0.1, 0.15) is 29.1 Å². The Morgan fingerprint density at radius 2 is 2.41 bits per heavy atom. The Labute approximate surface area is 106 Å². The van der Waals surface area contributed by atoms with E-state index in [0.717, 1.165) is 24.5 Å². The summed E-state index contributed by atoms with van der Waals surface area (Å²) in [4.78, 5) is 5.59. The lowest BCUT2D eigenvalue weighted by atomic mass is 9.76. The Kier molecular flexibility index (Phi) is 2.97. The molecule has 2 heterocycles. The van der Waals surface area contributed by atoms with Crippen LogP contribution in [0.2, 0.25) is 0 Å². The van der Waals surface area contributed by atoms with E-state index >= 15 is 0 Å². The minimum atomic E-state index is -0.0415. The molecule has 2 fully saturated rings. The van der Waals surface area contributed by atoms with Crippen LogP contribution in [0.25, 0.3) is 0 Å². The van der Waals surface area contributed by atoms with Crippen molar-refractivity contribution in [2.45, 2.75) is 38.7 Å². The Hall–Kier alpha value is -0.450. The molecule has 1 aliphatic carbocycles. The predicted molar refractivity (Wildman–Crippen MR) is 67.2 cm³/mol. The fourth-order valence-electron chi connectivity index (χ4n) is 2.99. The lowest BCUT2D eigenvalue weighted by molar-refractivity contribution is 0.000974. The van der Waals surface area contributed by atoms with Gasteiger partial charge in [-0.1, -0.05) is 0 Å². The summed E-state index contributed by atoms with van der Waals surface area (Å²) in [6.07, 6.45) is 6.69. The molecule has 0 bridgehead atoms. The molecule has 0 spiro atoms. The smallest absolute Gasteiger partial charge is 0.0896 e. The Balaban J connectivity index is 1.80. The summed E-state index contributed by atoms with van der Waals surface area (Å²) in [5, 5.41) is 10.9. The van der Waals surface area contributed by atoms with Crippen LogP contribution < -0.4 is 0 Å². The molecular formula is C13H19NO2S. The zero-order valence-electron chi connectivity index (χ0n) is 10.2. The first-order valence-electron chi connectivity index (χ1n) is 6.37. The van der Waals surface area contributed by atoms with Crippen LogP contribution in [0.5, 0.6) is 0 Å². The third-order valence-electron chi connectivity index (χ3n) is 4.06. The third kappa shape index (κ3) is 2.14. The summed E-state index contributed by atoms with van der Waals surface area (Å²) >= 11 is 1.74. The van der Waals surface area contributed by atoms with Crippen LogP contribution in [0.4, 0.5) is 0 Å². The number of hydrogen-bond acceptors (Lipinski definition) is 4. The number of rotatable bonds is 4. The number of aryl methyl sites for hydroxylation is 1. The van der Waals surface area contributed by atoms with Gasteiger partial charge in [0.05, 0.1) is 17.7 Å². The lowest BCUT2D eigenvalue weighted by Crippen LogP contribution is -2.38. The van der Waals surface area contributed by atoms with E-state index in [4.69, 9.17) is 4.74 Å². The van der Waals surface area contributed by atoms with E-state index < -0.39 is 0 Å². The van der Waals surface area contributed by atoms with E-state index in [-0.39, 0.29) is 18.1 Å². The van der Waals surface area contributed by atoms with Crippen molar-refractivity contribution in [1.82, 2.24) is 4.98 Å². The lowest BCUT2D eigenvalue weighted by Gasteiger charge is -2.31. The molecule has 1 aliphatic heterocycles. The largest absolute Gasteiger partial charge is 0.396 e. The van der Waals surface area contributed by atoms with Gasteiger partial charge < -0.3 is 9.84 Å². The number of ether oxygens (including phenoxy) is 1. The minimum Gasteiger partial charge on any atom is -0.396 e. The molecule has 2 aliphatic rings. The number of aliphatic hydroxyl groups excluding tert-OH is 1. The Morgan fingerprint density at radius 3 is 3.00 bits per heavy atom. The molecule has 2 atom stereocenters. The maximum absolute atomic E-state index is 9.84. The van der Waals surface area contributed by atoms with E-state index in [1.807, 2.05) is 13.1 Å². The average molecular weight is 253 g/mol. The van der Waals surface area contributed by atoms with Gasteiger partial charge in [0.15, 0.2) is 0 Å². The average Bonchev–Trinajstić information content (AvgIpc) is 2.96. The van der Waals surface area contributed by atoms with Crippen molar-refractivity contribution >= 4 is 11.3 Å². The molecule has 3 rings (SSSR count). The van der Waals surface area contributed by atoms with Crippen molar-refractivity contribution in [3.05, 3.63) is 16.1 Å². The van der Waals surface area contributed by atoms with Crippen LogP contribution in [0.15, 0.2) is 6.20 Å². The third-order valence-corrected chi connectivity index (χ3v) is 4.97. The van der Waals surface area contributed by atoms with E-state index in [1.165, 1.54) is 17.7 Å². The Bertz CT molecular complexity index is 402. The van der Waals surface area contributed by atoms with Gasteiger partial charge in [0.25, 0.3) is 0 Å². The van der Waals surface area contributed by atoms with Crippen LogP contribution >= 0.6 is 11.3 Å². The number of aliphatic hydroxyl groups is 1. The monoisotopic (exact) mass is 253 g/mol. The summed E-state index contributed by atoms with van der Waals surface area (Å²) in [5.74, 6) is 0.693. The molecule has 4 heteroatoms. The second-order valence-electron chi connectivity index (χ2n) is 5.42. The van der Waals surface area contributed by atoms with Crippen LogP contribution in [-0.4, -0.2) is 29.4 Å². The highest BCUT2D eigenvalue weighted by Crippen LogP contribution is 2.49. The van der Waals surface area contributed by atoms with Crippen molar-refractivity contribution in [3.63, 3.8) is 0 Å². The van der Waals surface area contributed by atoms with Crippen molar-refractivity contribution in [1.29, 1.82) is 0 Å². The van der Waals surface area contributed by atoms with E-state index in [9.17, 15) is 5.11 Å². The zero-order valence-corrected chi connectivity index (χ0v) is 11.0. The molecule has 3 nitrogen and oxygen atoms in total. The maximum Gasteiger partial charge on any atom is 0.0896 e. The van der Waals surface area contributed by atoms with Crippen molar-refractivity contribution in [3.8, 4) is 0 Å². The fourth-order valence-corrected chi connectivity index (χ4v) is 3.94. The molecule has 1 aromatic heterocycles. The standard InChI is InChI=1S/C13H19NO2S/c1-9-14-7-11(17-9)6-13(8-15)4-5-16-12(13)10-2-3-10/h7,10,12,15H,2-6,8H2,1H3. The molecule has 1 aromatic rings. The second-order valence-corrected chi connectivity index (χ2v) is 6.74. The van der Waals surface area contributed by atoms with Crippen molar-refractivity contribution in [2.75, 3.05) is 13.2 Å².